The molecule has 0 aliphatic carbocycles. The molecule has 7 heteroatoms. The Balaban J connectivity index is 1.64. The summed E-state index contributed by atoms with van der Waals surface area (Å²) in [6.07, 6.45) is 0.528. The van der Waals surface area contributed by atoms with E-state index < -0.39 is 0 Å². The third-order valence-corrected chi connectivity index (χ3v) is 3.90. The minimum absolute atomic E-state index is 0.100. The van der Waals surface area contributed by atoms with Crippen molar-refractivity contribution in [2.75, 3.05) is 18.8 Å². The molecule has 2 aromatic rings. The van der Waals surface area contributed by atoms with Gasteiger partial charge in [-0.1, -0.05) is 16.9 Å². The summed E-state index contributed by atoms with van der Waals surface area (Å²) < 4.78 is 18.0. The number of aromatic nitrogens is 2. The van der Waals surface area contributed by atoms with Crippen molar-refractivity contribution in [3.8, 4) is 11.4 Å². The van der Waals surface area contributed by atoms with E-state index >= 15 is 0 Å². The number of nitrogens with zero attached hydrogens (tertiary/aromatic N) is 3. The molecule has 0 bridgehead atoms. The predicted molar refractivity (Wildman–Crippen MR) is 72.8 cm³/mol. The van der Waals surface area contributed by atoms with Crippen LogP contribution in [-0.2, 0) is 6.42 Å². The van der Waals surface area contributed by atoms with Crippen molar-refractivity contribution >= 4 is 17.0 Å². The second kappa shape index (κ2) is 5.62. The molecule has 2 heterocycles. The molecule has 3 rings (SSSR count). The Kier molecular flexibility index (Phi) is 3.68. The molecule has 1 aromatic heterocycles. The molecule has 0 spiro atoms. The zero-order valence-electron chi connectivity index (χ0n) is 10.6. The minimum atomic E-state index is -0.303. The number of halogens is 1. The van der Waals surface area contributed by atoms with Crippen molar-refractivity contribution in [1.82, 2.24) is 15.0 Å². The highest BCUT2D eigenvalue weighted by Crippen LogP contribution is 2.19. The molecular formula is C13H12FN3O2S. The Morgan fingerprint density at radius 3 is 2.85 bits per heavy atom. The van der Waals surface area contributed by atoms with Gasteiger partial charge in [0.2, 0.25) is 11.7 Å². The third-order valence-electron chi connectivity index (χ3n) is 3.01. The first-order valence-electron chi connectivity index (χ1n) is 6.22. The Hall–Kier alpha value is -1.89. The largest absolute Gasteiger partial charge is 0.339 e. The monoisotopic (exact) mass is 293 g/mol. The van der Waals surface area contributed by atoms with Gasteiger partial charge in [0.25, 0.3) is 5.24 Å². The molecule has 0 radical (unpaired) electrons. The van der Waals surface area contributed by atoms with Crippen LogP contribution in [-0.4, -0.2) is 39.1 Å². The number of benzene rings is 1. The summed E-state index contributed by atoms with van der Waals surface area (Å²) in [4.78, 5) is 17.5. The summed E-state index contributed by atoms with van der Waals surface area (Å²) in [6, 6.07) is 5.91. The van der Waals surface area contributed by atoms with E-state index in [9.17, 15) is 9.18 Å². The van der Waals surface area contributed by atoms with Gasteiger partial charge >= 0.3 is 0 Å². The molecule has 0 saturated carbocycles. The lowest BCUT2D eigenvalue weighted by atomic mass is 10.2. The number of amides is 1. The minimum Gasteiger partial charge on any atom is -0.339 e. The fourth-order valence-electron chi connectivity index (χ4n) is 1.93. The van der Waals surface area contributed by atoms with E-state index in [1.165, 1.54) is 23.9 Å². The van der Waals surface area contributed by atoms with Crippen molar-refractivity contribution < 1.29 is 13.7 Å². The van der Waals surface area contributed by atoms with Gasteiger partial charge in [-0.3, -0.25) is 4.79 Å². The Morgan fingerprint density at radius 2 is 2.15 bits per heavy atom. The van der Waals surface area contributed by atoms with Crippen molar-refractivity contribution in [2.45, 2.75) is 6.42 Å². The van der Waals surface area contributed by atoms with Gasteiger partial charge in [0.15, 0.2) is 0 Å². The van der Waals surface area contributed by atoms with E-state index in [0.717, 1.165) is 12.3 Å². The van der Waals surface area contributed by atoms with Gasteiger partial charge in [-0.2, -0.15) is 4.98 Å². The maximum atomic E-state index is 12.8. The fourth-order valence-corrected chi connectivity index (χ4v) is 2.78. The lowest BCUT2D eigenvalue weighted by molar-refractivity contribution is 0.228. The van der Waals surface area contributed by atoms with Gasteiger partial charge < -0.3 is 9.42 Å². The van der Waals surface area contributed by atoms with E-state index in [-0.39, 0.29) is 11.1 Å². The average Bonchev–Trinajstić information content (AvgIpc) is 3.06. The second-order valence-electron chi connectivity index (χ2n) is 4.37. The number of hydrogen-bond donors (Lipinski definition) is 0. The molecule has 0 atom stereocenters. The summed E-state index contributed by atoms with van der Waals surface area (Å²) in [6.45, 7) is 1.35. The summed E-state index contributed by atoms with van der Waals surface area (Å²) >= 11 is 1.33. The number of thioether (sulfide) groups is 1. The summed E-state index contributed by atoms with van der Waals surface area (Å²) in [5.41, 5.74) is 0.703. The SMILES string of the molecule is O=C1SCCN1CCc1nc(-c2ccc(F)cc2)no1. The lowest BCUT2D eigenvalue weighted by Gasteiger charge is -2.11. The van der Waals surface area contributed by atoms with Gasteiger partial charge in [0, 0.05) is 30.8 Å². The van der Waals surface area contributed by atoms with Crippen LogP contribution in [0.4, 0.5) is 9.18 Å². The topological polar surface area (TPSA) is 59.2 Å². The van der Waals surface area contributed by atoms with Gasteiger partial charge in [-0.15, -0.1) is 0 Å². The van der Waals surface area contributed by atoms with E-state index in [1.54, 1.807) is 17.0 Å². The molecule has 0 unspecified atom stereocenters. The number of carbonyl (C=O) groups is 1. The van der Waals surface area contributed by atoms with E-state index in [0.29, 0.717) is 30.2 Å². The number of rotatable bonds is 4. The Bertz CT molecular complexity index is 614. The van der Waals surface area contributed by atoms with Crippen LogP contribution in [0, 0.1) is 5.82 Å². The molecule has 1 aliphatic heterocycles. The first-order valence-corrected chi connectivity index (χ1v) is 7.21. The molecule has 1 amide bonds. The molecule has 104 valence electrons. The first kappa shape index (κ1) is 13.1. The van der Waals surface area contributed by atoms with E-state index in [2.05, 4.69) is 10.1 Å². The molecule has 20 heavy (non-hydrogen) atoms. The summed E-state index contributed by atoms with van der Waals surface area (Å²) in [5.74, 6) is 1.45. The molecular weight excluding hydrogens is 281 g/mol. The highest BCUT2D eigenvalue weighted by Gasteiger charge is 2.21. The Labute approximate surface area is 119 Å². The van der Waals surface area contributed by atoms with Crippen molar-refractivity contribution in [3.05, 3.63) is 36.0 Å². The van der Waals surface area contributed by atoms with Crippen LogP contribution in [0.15, 0.2) is 28.8 Å². The van der Waals surface area contributed by atoms with Crippen LogP contribution in [0.25, 0.3) is 11.4 Å². The van der Waals surface area contributed by atoms with Gasteiger partial charge in [0.1, 0.15) is 5.82 Å². The molecule has 0 N–H and O–H groups in total. The number of hydrogen-bond acceptors (Lipinski definition) is 5. The quantitative estimate of drug-likeness (QED) is 0.867. The van der Waals surface area contributed by atoms with Gasteiger partial charge in [-0.05, 0) is 24.3 Å². The van der Waals surface area contributed by atoms with Crippen LogP contribution in [0.2, 0.25) is 0 Å². The summed E-state index contributed by atoms with van der Waals surface area (Å²) in [5, 5.41) is 3.96. The average molecular weight is 293 g/mol. The molecule has 1 fully saturated rings. The smallest absolute Gasteiger partial charge is 0.281 e. The van der Waals surface area contributed by atoms with Crippen molar-refractivity contribution in [3.63, 3.8) is 0 Å². The van der Waals surface area contributed by atoms with Crippen LogP contribution in [0.1, 0.15) is 5.89 Å². The molecule has 1 saturated heterocycles. The van der Waals surface area contributed by atoms with Gasteiger partial charge in [0.05, 0.1) is 0 Å². The van der Waals surface area contributed by atoms with Crippen LogP contribution in [0.5, 0.6) is 0 Å². The predicted octanol–water partition coefficient (Wildman–Crippen LogP) is 2.59. The maximum Gasteiger partial charge on any atom is 0.281 e. The van der Waals surface area contributed by atoms with Crippen molar-refractivity contribution in [1.29, 1.82) is 0 Å². The van der Waals surface area contributed by atoms with E-state index in [1.807, 2.05) is 0 Å². The summed E-state index contributed by atoms with van der Waals surface area (Å²) in [7, 11) is 0. The lowest BCUT2D eigenvalue weighted by Crippen LogP contribution is -2.25. The van der Waals surface area contributed by atoms with Crippen LogP contribution in [0.3, 0.4) is 0 Å². The van der Waals surface area contributed by atoms with E-state index in [4.69, 9.17) is 4.52 Å². The first-order chi connectivity index (χ1) is 9.72. The normalized spacial score (nSPS) is 15.1. The number of carbonyl (C=O) groups excluding carboxylic acids is 1. The van der Waals surface area contributed by atoms with Crippen molar-refractivity contribution in [2.24, 2.45) is 0 Å². The van der Waals surface area contributed by atoms with Crippen LogP contribution < -0.4 is 0 Å². The molecule has 1 aliphatic rings. The zero-order valence-corrected chi connectivity index (χ0v) is 11.4. The maximum absolute atomic E-state index is 12.8. The highest BCUT2D eigenvalue weighted by atomic mass is 32.2. The van der Waals surface area contributed by atoms with Gasteiger partial charge in [-0.25, -0.2) is 4.39 Å². The zero-order chi connectivity index (χ0) is 13.9. The Morgan fingerprint density at radius 1 is 1.35 bits per heavy atom. The molecule has 1 aromatic carbocycles. The molecule has 5 nitrogen and oxygen atoms in total. The van der Waals surface area contributed by atoms with Crippen LogP contribution >= 0.6 is 11.8 Å². The second-order valence-corrected chi connectivity index (χ2v) is 5.42. The third kappa shape index (κ3) is 2.82. The standard InChI is InChI=1S/C13H12FN3O2S/c14-10-3-1-9(2-4-10)12-15-11(19-16-12)5-6-17-7-8-20-13(17)18/h1-4H,5-8H2. The fraction of sp³-hybridized carbons (Fsp3) is 0.308. The highest BCUT2D eigenvalue weighted by molar-refractivity contribution is 8.13.